The number of rotatable bonds is 9. The molecule has 39 heavy (non-hydrogen) atoms. The predicted octanol–water partition coefficient (Wildman–Crippen LogP) is 3.48. The zero-order chi connectivity index (χ0) is 27.2. The van der Waals surface area contributed by atoms with E-state index < -0.39 is 0 Å². The molecule has 2 aromatic carbocycles. The van der Waals surface area contributed by atoms with E-state index in [1.165, 1.54) is 6.33 Å². The van der Waals surface area contributed by atoms with E-state index in [9.17, 15) is 4.79 Å². The number of morpholine rings is 1. The maximum Gasteiger partial charge on any atom is 0.254 e. The highest BCUT2D eigenvalue weighted by Gasteiger charge is 2.20. The van der Waals surface area contributed by atoms with Gasteiger partial charge >= 0.3 is 0 Å². The lowest BCUT2D eigenvalue weighted by Gasteiger charge is -2.27. The van der Waals surface area contributed by atoms with Gasteiger partial charge in [0.15, 0.2) is 0 Å². The van der Waals surface area contributed by atoms with Crippen molar-refractivity contribution in [1.29, 1.82) is 0 Å². The molecule has 0 radical (unpaired) electrons. The van der Waals surface area contributed by atoms with Crippen molar-refractivity contribution in [1.82, 2.24) is 35.1 Å². The second-order valence-corrected chi connectivity index (χ2v) is 9.25. The van der Waals surface area contributed by atoms with Gasteiger partial charge in [0.2, 0.25) is 5.95 Å². The van der Waals surface area contributed by atoms with Crippen molar-refractivity contribution in [3.8, 4) is 22.6 Å². The van der Waals surface area contributed by atoms with Crippen LogP contribution in [0.4, 0.5) is 11.6 Å². The third kappa shape index (κ3) is 6.41. The molecule has 1 N–H and O–H groups in total. The van der Waals surface area contributed by atoms with Gasteiger partial charge in [0.1, 0.15) is 23.9 Å². The summed E-state index contributed by atoms with van der Waals surface area (Å²) in [6, 6.07) is 10.7. The van der Waals surface area contributed by atoms with Crippen molar-refractivity contribution in [2.24, 2.45) is 0 Å². The lowest BCUT2D eigenvalue weighted by Crippen LogP contribution is -2.40. The Balaban J connectivity index is 1.27. The molecular weight excluding hydrogens is 524 g/mol. The number of aromatic nitrogens is 6. The van der Waals surface area contributed by atoms with Crippen LogP contribution in [0.15, 0.2) is 55.1 Å². The maximum atomic E-state index is 12.8. The summed E-state index contributed by atoms with van der Waals surface area (Å²) in [5, 5.41) is 14.8. The lowest BCUT2D eigenvalue weighted by atomic mass is 10.1. The summed E-state index contributed by atoms with van der Waals surface area (Å²) in [5.74, 6) is 1.37. The van der Waals surface area contributed by atoms with Crippen molar-refractivity contribution >= 4 is 29.1 Å². The van der Waals surface area contributed by atoms with Gasteiger partial charge in [-0.05, 0) is 53.2 Å². The normalized spacial score (nSPS) is 14.1. The standard InChI is InChI=1S/C26H27ClN8O4/c1-17(15-35-16-30-32-33-35)39-23-11-18(3-5-21(23)27)20-13-28-26(29-14-20)31-22-6-4-19(12-24(22)37-2)25(36)34-7-9-38-10-8-34/h3-6,11-14,16-17H,7-10,15H2,1-2H3,(H,28,29,31)/t17-/m0/s1. The molecule has 0 saturated carbocycles. The van der Waals surface area contributed by atoms with Gasteiger partial charge < -0.3 is 24.4 Å². The molecule has 4 aromatic rings. The van der Waals surface area contributed by atoms with Gasteiger partial charge in [0, 0.05) is 36.6 Å². The molecule has 5 rings (SSSR count). The molecule has 1 aliphatic rings. The summed E-state index contributed by atoms with van der Waals surface area (Å²) >= 11 is 6.37. The number of hydrogen-bond donors (Lipinski definition) is 1. The molecule has 202 valence electrons. The molecule has 1 amide bonds. The first kappa shape index (κ1) is 26.3. The van der Waals surface area contributed by atoms with Crippen molar-refractivity contribution < 1.29 is 19.0 Å². The Morgan fingerprint density at radius 1 is 1.10 bits per heavy atom. The zero-order valence-corrected chi connectivity index (χ0v) is 22.2. The Hall–Kier alpha value is -4.29. The molecule has 0 aliphatic carbocycles. The highest BCUT2D eigenvalue weighted by Crippen LogP contribution is 2.32. The fourth-order valence-electron chi connectivity index (χ4n) is 4.09. The van der Waals surface area contributed by atoms with Crippen LogP contribution < -0.4 is 14.8 Å². The number of carbonyl (C=O) groups is 1. The second-order valence-electron chi connectivity index (χ2n) is 8.85. The molecule has 0 bridgehead atoms. The summed E-state index contributed by atoms with van der Waals surface area (Å²) in [6.45, 7) is 4.61. The monoisotopic (exact) mass is 550 g/mol. The number of nitrogens with zero attached hydrogens (tertiary/aromatic N) is 7. The number of tetrazole rings is 1. The Kier molecular flexibility index (Phi) is 8.13. The lowest BCUT2D eigenvalue weighted by molar-refractivity contribution is 0.0302. The molecular formula is C26H27ClN8O4. The number of amides is 1. The predicted molar refractivity (Wildman–Crippen MR) is 143 cm³/mol. The van der Waals surface area contributed by atoms with E-state index in [2.05, 4.69) is 30.8 Å². The largest absolute Gasteiger partial charge is 0.495 e. The molecule has 0 spiro atoms. The minimum Gasteiger partial charge on any atom is -0.495 e. The van der Waals surface area contributed by atoms with Crippen LogP contribution in [0.3, 0.4) is 0 Å². The number of anilines is 2. The number of halogens is 1. The van der Waals surface area contributed by atoms with Gasteiger partial charge in [-0.25, -0.2) is 14.6 Å². The molecule has 3 heterocycles. The highest BCUT2D eigenvalue weighted by atomic mass is 35.5. The molecule has 1 atom stereocenters. The van der Waals surface area contributed by atoms with Gasteiger partial charge in [0.05, 0.1) is 37.6 Å². The molecule has 2 aromatic heterocycles. The molecule has 1 saturated heterocycles. The van der Waals surface area contributed by atoms with Crippen LogP contribution in [0.5, 0.6) is 11.5 Å². The first-order chi connectivity index (χ1) is 19.0. The van der Waals surface area contributed by atoms with Crippen LogP contribution >= 0.6 is 11.6 Å². The first-order valence-corrected chi connectivity index (χ1v) is 12.7. The number of benzene rings is 2. The SMILES string of the molecule is COc1cc(C(=O)N2CCOCC2)ccc1Nc1ncc(-c2ccc(Cl)c(O[C@@H](C)Cn3cnnn3)c2)cn1. The minimum absolute atomic E-state index is 0.0557. The molecule has 1 fully saturated rings. The average molecular weight is 551 g/mol. The van der Waals surface area contributed by atoms with E-state index >= 15 is 0 Å². The number of hydrogen-bond acceptors (Lipinski definition) is 10. The van der Waals surface area contributed by atoms with Crippen LogP contribution in [-0.4, -0.2) is 80.5 Å². The van der Waals surface area contributed by atoms with E-state index in [1.807, 2.05) is 19.1 Å². The number of carbonyl (C=O) groups excluding carboxylic acids is 1. The van der Waals surface area contributed by atoms with Crippen molar-refractivity contribution in [2.75, 3.05) is 38.7 Å². The number of nitrogens with one attached hydrogen (secondary N) is 1. The summed E-state index contributed by atoms with van der Waals surface area (Å²) in [7, 11) is 1.55. The van der Waals surface area contributed by atoms with Gasteiger partial charge in [-0.3, -0.25) is 4.79 Å². The second kappa shape index (κ2) is 12.0. The molecule has 13 heteroatoms. The maximum absolute atomic E-state index is 12.8. The number of ether oxygens (including phenoxy) is 3. The summed E-state index contributed by atoms with van der Waals surface area (Å²) in [5.41, 5.74) is 2.82. The topological polar surface area (TPSA) is 129 Å². The number of methoxy groups -OCH3 is 1. The minimum atomic E-state index is -0.213. The summed E-state index contributed by atoms with van der Waals surface area (Å²) in [6.07, 6.45) is 4.72. The third-order valence-corrected chi connectivity index (χ3v) is 6.39. The van der Waals surface area contributed by atoms with Crippen LogP contribution in [-0.2, 0) is 11.3 Å². The van der Waals surface area contributed by atoms with E-state index in [0.29, 0.717) is 66.6 Å². The Morgan fingerprint density at radius 2 is 1.90 bits per heavy atom. The van der Waals surface area contributed by atoms with Crippen LogP contribution in [0.25, 0.3) is 11.1 Å². The average Bonchev–Trinajstić information content (AvgIpc) is 3.48. The fraction of sp³-hybridized carbons (Fsp3) is 0.308. The van der Waals surface area contributed by atoms with E-state index in [0.717, 1.165) is 11.1 Å². The zero-order valence-electron chi connectivity index (χ0n) is 21.5. The molecule has 12 nitrogen and oxygen atoms in total. The van der Waals surface area contributed by atoms with Crippen molar-refractivity contribution in [2.45, 2.75) is 19.6 Å². The highest BCUT2D eigenvalue weighted by molar-refractivity contribution is 6.32. The van der Waals surface area contributed by atoms with E-state index in [-0.39, 0.29) is 12.0 Å². The van der Waals surface area contributed by atoms with Gasteiger partial charge in [-0.1, -0.05) is 17.7 Å². The van der Waals surface area contributed by atoms with Crippen molar-refractivity contribution in [3.05, 3.63) is 65.7 Å². The van der Waals surface area contributed by atoms with E-state index in [4.69, 9.17) is 25.8 Å². The Labute approximate surface area is 229 Å². The smallest absolute Gasteiger partial charge is 0.254 e. The van der Waals surface area contributed by atoms with Gasteiger partial charge in [0.25, 0.3) is 5.91 Å². The van der Waals surface area contributed by atoms with Crippen LogP contribution in [0, 0.1) is 0 Å². The van der Waals surface area contributed by atoms with Gasteiger partial charge in [-0.15, -0.1) is 5.10 Å². The first-order valence-electron chi connectivity index (χ1n) is 12.3. The fourth-order valence-corrected chi connectivity index (χ4v) is 4.26. The van der Waals surface area contributed by atoms with Crippen LogP contribution in [0.2, 0.25) is 5.02 Å². The third-order valence-electron chi connectivity index (χ3n) is 6.07. The van der Waals surface area contributed by atoms with Crippen molar-refractivity contribution in [3.63, 3.8) is 0 Å². The summed E-state index contributed by atoms with van der Waals surface area (Å²) < 4.78 is 18.5. The molecule has 1 aliphatic heterocycles. The molecule has 0 unspecified atom stereocenters. The quantitative estimate of drug-likeness (QED) is 0.330. The van der Waals surface area contributed by atoms with E-state index in [1.54, 1.807) is 53.4 Å². The Bertz CT molecular complexity index is 1410. The summed E-state index contributed by atoms with van der Waals surface area (Å²) in [4.78, 5) is 23.5. The Morgan fingerprint density at radius 3 is 2.62 bits per heavy atom. The van der Waals surface area contributed by atoms with Crippen LogP contribution in [0.1, 0.15) is 17.3 Å². The van der Waals surface area contributed by atoms with Gasteiger partial charge in [-0.2, -0.15) is 0 Å².